The van der Waals surface area contributed by atoms with Crippen molar-refractivity contribution < 1.29 is 14.3 Å². The summed E-state index contributed by atoms with van der Waals surface area (Å²) in [5.74, 6) is 0.924. The van der Waals surface area contributed by atoms with Crippen molar-refractivity contribution in [1.82, 2.24) is 10.2 Å². The molecule has 23 heavy (non-hydrogen) atoms. The number of likely N-dealkylation sites (tertiary alicyclic amines) is 1. The first-order valence-electron chi connectivity index (χ1n) is 8.49. The zero-order valence-electron chi connectivity index (χ0n) is 13.6. The van der Waals surface area contributed by atoms with Crippen molar-refractivity contribution in [2.45, 2.75) is 51.1 Å². The van der Waals surface area contributed by atoms with Crippen LogP contribution in [0.5, 0.6) is 5.75 Å². The van der Waals surface area contributed by atoms with Gasteiger partial charge in [-0.3, -0.25) is 9.59 Å². The molecule has 1 aromatic carbocycles. The van der Waals surface area contributed by atoms with E-state index in [1.807, 2.05) is 31.2 Å². The van der Waals surface area contributed by atoms with Crippen LogP contribution in [0, 0.1) is 0 Å². The van der Waals surface area contributed by atoms with Crippen molar-refractivity contribution in [1.29, 1.82) is 0 Å². The van der Waals surface area contributed by atoms with Crippen LogP contribution in [0.3, 0.4) is 0 Å². The molecular weight excluding hydrogens is 292 g/mol. The van der Waals surface area contributed by atoms with Crippen molar-refractivity contribution in [3.8, 4) is 5.75 Å². The number of rotatable bonds is 3. The van der Waals surface area contributed by atoms with Gasteiger partial charge in [-0.15, -0.1) is 0 Å². The van der Waals surface area contributed by atoms with Gasteiger partial charge >= 0.3 is 0 Å². The fourth-order valence-electron chi connectivity index (χ4n) is 3.42. The van der Waals surface area contributed by atoms with Gasteiger partial charge in [0.25, 0.3) is 0 Å². The Balaban J connectivity index is 1.63. The molecule has 2 aliphatic rings. The van der Waals surface area contributed by atoms with E-state index >= 15 is 0 Å². The van der Waals surface area contributed by atoms with E-state index in [0.717, 1.165) is 37.0 Å². The molecule has 1 fully saturated rings. The third kappa shape index (κ3) is 3.49. The number of nitrogens with one attached hydrogen (secondary N) is 1. The molecular formula is C18H24N2O3. The van der Waals surface area contributed by atoms with E-state index in [4.69, 9.17) is 4.74 Å². The fourth-order valence-corrected chi connectivity index (χ4v) is 3.42. The Bertz CT molecular complexity index is 587. The van der Waals surface area contributed by atoms with E-state index in [9.17, 15) is 9.59 Å². The molecule has 0 unspecified atom stereocenters. The Kier molecular flexibility index (Phi) is 4.84. The first-order valence-corrected chi connectivity index (χ1v) is 8.49. The number of carbonyl (C=O) groups excluding carboxylic acids is 2. The molecule has 5 nitrogen and oxygen atoms in total. The van der Waals surface area contributed by atoms with Gasteiger partial charge in [0.1, 0.15) is 18.4 Å². The lowest BCUT2D eigenvalue weighted by Crippen LogP contribution is -2.55. The van der Waals surface area contributed by atoms with Gasteiger partial charge in [-0.05, 0) is 37.3 Å². The van der Waals surface area contributed by atoms with E-state index in [1.54, 1.807) is 4.90 Å². The number of nitrogens with zero attached hydrogens (tertiary/aromatic N) is 1. The van der Waals surface area contributed by atoms with E-state index in [-0.39, 0.29) is 23.9 Å². The van der Waals surface area contributed by atoms with Crippen LogP contribution >= 0.6 is 0 Å². The largest absolute Gasteiger partial charge is 0.491 e. The van der Waals surface area contributed by atoms with E-state index in [0.29, 0.717) is 19.6 Å². The minimum atomic E-state index is -0.326. The third-order valence-corrected chi connectivity index (χ3v) is 4.65. The maximum atomic E-state index is 12.6. The lowest BCUT2D eigenvalue weighted by atomic mass is 9.99. The average molecular weight is 316 g/mol. The predicted octanol–water partition coefficient (Wildman–Crippen LogP) is 1.90. The number of piperidine rings is 1. The fraction of sp³-hybridized carbons (Fsp3) is 0.556. The van der Waals surface area contributed by atoms with Crippen molar-refractivity contribution in [2.24, 2.45) is 0 Å². The second kappa shape index (κ2) is 7.02. The van der Waals surface area contributed by atoms with E-state index < -0.39 is 0 Å². The summed E-state index contributed by atoms with van der Waals surface area (Å²) in [6, 6.07) is 7.56. The molecule has 0 bridgehead atoms. The van der Waals surface area contributed by atoms with Crippen LogP contribution in [0.4, 0.5) is 0 Å². The van der Waals surface area contributed by atoms with Gasteiger partial charge in [0.15, 0.2) is 0 Å². The van der Waals surface area contributed by atoms with Crippen LogP contribution < -0.4 is 10.1 Å². The predicted molar refractivity (Wildman–Crippen MR) is 87.2 cm³/mol. The average Bonchev–Trinajstić information content (AvgIpc) is 2.61. The number of hydrogen-bond acceptors (Lipinski definition) is 3. The lowest BCUT2D eigenvalue weighted by molar-refractivity contribution is -0.142. The molecule has 2 aliphatic heterocycles. The molecule has 0 radical (unpaired) electrons. The standard InChI is InChI=1S/C18H24N2O3/c1-2-17(21)20-10-6-5-8-15(20)18(22)19-14-11-13-7-3-4-9-16(13)23-12-14/h3-4,7,9,14-15H,2,5-6,8,10-12H2,1H3,(H,19,22)/t14-,15-/m0/s1. The molecule has 1 saturated heterocycles. The Morgan fingerprint density at radius 1 is 1.30 bits per heavy atom. The number of amides is 2. The monoisotopic (exact) mass is 316 g/mol. The maximum absolute atomic E-state index is 12.6. The van der Waals surface area contributed by atoms with Crippen LogP contribution in [0.1, 0.15) is 38.2 Å². The normalized spacial score (nSPS) is 23.6. The number of hydrogen-bond donors (Lipinski definition) is 1. The van der Waals surface area contributed by atoms with Crippen LogP contribution in [-0.4, -0.2) is 41.9 Å². The summed E-state index contributed by atoms with van der Waals surface area (Å²) in [4.78, 5) is 26.5. The van der Waals surface area contributed by atoms with Crippen LogP contribution in [-0.2, 0) is 16.0 Å². The summed E-state index contributed by atoms with van der Waals surface area (Å²) in [5.41, 5.74) is 1.12. The van der Waals surface area contributed by atoms with Crippen molar-refractivity contribution in [2.75, 3.05) is 13.2 Å². The van der Waals surface area contributed by atoms with Gasteiger partial charge < -0.3 is 15.0 Å². The summed E-state index contributed by atoms with van der Waals surface area (Å²) >= 11 is 0. The molecule has 2 amide bonds. The van der Waals surface area contributed by atoms with Gasteiger partial charge in [0.2, 0.25) is 11.8 Å². The minimum Gasteiger partial charge on any atom is -0.491 e. The number of fused-ring (bicyclic) bond motifs is 1. The number of ether oxygens (including phenoxy) is 1. The second-order valence-electron chi connectivity index (χ2n) is 6.28. The van der Waals surface area contributed by atoms with Gasteiger partial charge in [0.05, 0.1) is 6.04 Å². The molecule has 2 atom stereocenters. The highest BCUT2D eigenvalue weighted by molar-refractivity contribution is 5.88. The molecule has 0 aromatic heterocycles. The molecule has 3 rings (SSSR count). The summed E-state index contributed by atoms with van der Waals surface area (Å²) in [6.45, 7) is 3.02. The van der Waals surface area contributed by atoms with Crippen LogP contribution in [0.2, 0.25) is 0 Å². The lowest BCUT2D eigenvalue weighted by Gasteiger charge is -2.36. The first kappa shape index (κ1) is 15.8. The third-order valence-electron chi connectivity index (χ3n) is 4.65. The first-order chi connectivity index (χ1) is 11.2. The molecule has 0 aliphatic carbocycles. The van der Waals surface area contributed by atoms with Crippen molar-refractivity contribution in [3.63, 3.8) is 0 Å². The number of carbonyl (C=O) groups is 2. The van der Waals surface area contributed by atoms with E-state index in [1.165, 1.54) is 0 Å². The van der Waals surface area contributed by atoms with Gasteiger partial charge in [-0.1, -0.05) is 25.1 Å². The highest BCUT2D eigenvalue weighted by atomic mass is 16.5. The van der Waals surface area contributed by atoms with Crippen molar-refractivity contribution in [3.05, 3.63) is 29.8 Å². The maximum Gasteiger partial charge on any atom is 0.243 e. The molecule has 0 spiro atoms. The Morgan fingerprint density at radius 2 is 2.13 bits per heavy atom. The highest BCUT2D eigenvalue weighted by Gasteiger charge is 2.33. The number of para-hydroxylation sites is 1. The van der Waals surface area contributed by atoms with Crippen molar-refractivity contribution >= 4 is 11.8 Å². The number of benzene rings is 1. The smallest absolute Gasteiger partial charge is 0.243 e. The summed E-state index contributed by atoms with van der Waals surface area (Å²) in [6.07, 6.45) is 3.95. The molecule has 1 aromatic rings. The van der Waals surface area contributed by atoms with Crippen LogP contribution in [0.25, 0.3) is 0 Å². The molecule has 5 heteroatoms. The van der Waals surface area contributed by atoms with Crippen LogP contribution in [0.15, 0.2) is 24.3 Å². The SMILES string of the molecule is CCC(=O)N1CCCC[C@H]1C(=O)N[C@@H]1COc2ccccc2C1. The molecule has 1 N–H and O–H groups in total. The Labute approximate surface area is 137 Å². The highest BCUT2D eigenvalue weighted by Crippen LogP contribution is 2.24. The Hall–Kier alpha value is -2.04. The quantitative estimate of drug-likeness (QED) is 0.926. The van der Waals surface area contributed by atoms with E-state index in [2.05, 4.69) is 5.32 Å². The topological polar surface area (TPSA) is 58.6 Å². The minimum absolute atomic E-state index is 0.0297. The molecule has 0 saturated carbocycles. The van der Waals surface area contributed by atoms with Gasteiger partial charge in [-0.25, -0.2) is 0 Å². The summed E-state index contributed by atoms with van der Waals surface area (Å²) in [7, 11) is 0. The molecule has 2 heterocycles. The molecule has 124 valence electrons. The second-order valence-corrected chi connectivity index (χ2v) is 6.28. The Morgan fingerprint density at radius 3 is 2.96 bits per heavy atom. The van der Waals surface area contributed by atoms with Gasteiger partial charge in [0, 0.05) is 13.0 Å². The van der Waals surface area contributed by atoms with Gasteiger partial charge in [-0.2, -0.15) is 0 Å². The zero-order valence-corrected chi connectivity index (χ0v) is 13.6. The zero-order chi connectivity index (χ0) is 16.2. The summed E-state index contributed by atoms with van der Waals surface area (Å²) < 4.78 is 5.72. The summed E-state index contributed by atoms with van der Waals surface area (Å²) in [5, 5.41) is 3.08.